The quantitative estimate of drug-likeness (QED) is 0.494. The van der Waals surface area contributed by atoms with Gasteiger partial charge in [-0.25, -0.2) is 14.7 Å². The number of carbonyl (C=O) groups excluding carboxylic acids is 4. The molecule has 2 fully saturated rings. The van der Waals surface area contributed by atoms with Crippen LogP contribution in [0.5, 0.6) is 0 Å². The summed E-state index contributed by atoms with van der Waals surface area (Å²) in [6.45, 7) is -0.568. The number of hydrogen-bond acceptors (Lipinski definition) is 6. The Labute approximate surface area is 194 Å². The fourth-order valence-corrected chi connectivity index (χ4v) is 4.74. The normalized spacial score (nSPS) is 21.5. The van der Waals surface area contributed by atoms with Gasteiger partial charge in [0.2, 0.25) is 0 Å². The Hall–Kier alpha value is -3.46. The van der Waals surface area contributed by atoms with Crippen LogP contribution in [-0.2, 0) is 14.4 Å². The maximum atomic E-state index is 13.2. The fraction of sp³-hybridized carbons (Fsp3) is 0.348. The van der Waals surface area contributed by atoms with Gasteiger partial charge in [-0.2, -0.15) is 5.10 Å². The number of urea groups is 1. The van der Waals surface area contributed by atoms with Crippen molar-refractivity contribution in [2.45, 2.75) is 44.2 Å². The summed E-state index contributed by atoms with van der Waals surface area (Å²) in [6.07, 6.45) is 5.03. The lowest BCUT2D eigenvalue weighted by atomic mass is 10.0. The molecule has 1 aliphatic carbocycles. The molecule has 0 N–H and O–H groups in total. The molecule has 0 radical (unpaired) electrons. The highest BCUT2D eigenvalue weighted by atomic mass is 35.5. The van der Waals surface area contributed by atoms with Crippen LogP contribution >= 0.6 is 11.6 Å². The maximum Gasteiger partial charge on any atom is 0.334 e. The molecule has 0 spiro atoms. The number of imide groups is 2. The van der Waals surface area contributed by atoms with Crippen molar-refractivity contribution in [2.75, 3.05) is 6.54 Å². The lowest BCUT2D eigenvalue weighted by Gasteiger charge is -2.23. The molecular formula is C23H21ClN4O5. The van der Waals surface area contributed by atoms with Crippen LogP contribution in [0.2, 0.25) is 5.02 Å². The first-order valence-corrected chi connectivity index (χ1v) is 11.2. The third kappa shape index (κ3) is 3.82. The second-order valence-corrected chi connectivity index (χ2v) is 8.75. The van der Waals surface area contributed by atoms with E-state index < -0.39 is 36.3 Å². The van der Waals surface area contributed by atoms with Gasteiger partial charge in [0.25, 0.3) is 5.91 Å². The lowest BCUT2D eigenvalue weighted by molar-refractivity contribution is -0.145. The second kappa shape index (κ2) is 8.47. The average Bonchev–Trinajstić information content (AvgIpc) is 3.60. The number of amides is 5. The zero-order valence-electron chi connectivity index (χ0n) is 17.6. The zero-order valence-corrected chi connectivity index (χ0v) is 18.4. The van der Waals surface area contributed by atoms with Crippen LogP contribution in [0.4, 0.5) is 4.79 Å². The fourth-order valence-electron chi connectivity index (χ4n) is 4.61. The van der Waals surface area contributed by atoms with Gasteiger partial charge in [0, 0.05) is 17.5 Å². The highest BCUT2D eigenvalue weighted by Crippen LogP contribution is 2.34. The number of nitrogens with zero attached hydrogens (tertiary/aromatic N) is 4. The molecule has 1 aromatic heterocycles. The van der Waals surface area contributed by atoms with Gasteiger partial charge >= 0.3 is 17.8 Å². The molecule has 170 valence electrons. The summed E-state index contributed by atoms with van der Waals surface area (Å²) >= 11 is 5.98. The molecule has 1 aromatic carbocycles. The molecule has 5 rings (SSSR count). The van der Waals surface area contributed by atoms with E-state index in [1.54, 1.807) is 36.4 Å². The van der Waals surface area contributed by atoms with Gasteiger partial charge in [0.15, 0.2) is 0 Å². The van der Waals surface area contributed by atoms with Gasteiger partial charge < -0.3 is 4.42 Å². The molecule has 5 amide bonds. The standard InChI is InChI=1S/C23H21ClN4O5/c24-15-9-7-14(8-10-15)17-12-18(19-6-3-11-33-19)28(25-17)20(29)13-26-21(30)22(31)27(23(26)32)16-4-1-2-5-16/h3,6-11,16,18H,1-2,4-5,12-13H2. The van der Waals surface area contributed by atoms with Crippen molar-refractivity contribution >= 4 is 41.1 Å². The Balaban J connectivity index is 1.39. The number of furan rings is 1. The summed E-state index contributed by atoms with van der Waals surface area (Å²) in [5.74, 6) is -1.90. The van der Waals surface area contributed by atoms with Crippen LogP contribution in [0.15, 0.2) is 52.2 Å². The number of hydrazone groups is 1. The Morgan fingerprint density at radius 1 is 1.06 bits per heavy atom. The predicted molar refractivity (Wildman–Crippen MR) is 117 cm³/mol. The molecule has 1 atom stereocenters. The van der Waals surface area contributed by atoms with E-state index in [1.165, 1.54) is 11.3 Å². The minimum atomic E-state index is -0.976. The topological polar surface area (TPSA) is 104 Å². The lowest BCUT2D eigenvalue weighted by Crippen LogP contribution is -2.43. The van der Waals surface area contributed by atoms with E-state index in [2.05, 4.69) is 5.10 Å². The summed E-state index contributed by atoms with van der Waals surface area (Å²) in [5, 5.41) is 6.29. The molecule has 10 heteroatoms. The van der Waals surface area contributed by atoms with Crippen molar-refractivity contribution in [1.29, 1.82) is 0 Å². The maximum absolute atomic E-state index is 13.2. The van der Waals surface area contributed by atoms with Crippen molar-refractivity contribution in [2.24, 2.45) is 5.10 Å². The third-order valence-electron chi connectivity index (χ3n) is 6.28. The first kappa shape index (κ1) is 21.4. The Morgan fingerprint density at radius 2 is 1.79 bits per heavy atom. The summed E-state index contributed by atoms with van der Waals surface area (Å²) in [7, 11) is 0. The van der Waals surface area contributed by atoms with Crippen LogP contribution in [0.3, 0.4) is 0 Å². The van der Waals surface area contributed by atoms with Crippen molar-refractivity contribution < 1.29 is 23.6 Å². The second-order valence-electron chi connectivity index (χ2n) is 8.31. The number of halogens is 1. The van der Waals surface area contributed by atoms with Crippen LogP contribution in [-0.4, -0.2) is 56.9 Å². The Bertz CT molecular complexity index is 1140. The van der Waals surface area contributed by atoms with E-state index in [4.69, 9.17) is 16.0 Å². The molecule has 3 heterocycles. The molecule has 1 saturated carbocycles. The third-order valence-corrected chi connectivity index (χ3v) is 6.53. The molecule has 0 bridgehead atoms. The van der Waals surface area contributed by atoms with Gasteiger partial charge in [0.1, 0.15) is 18.3 Å². The largest absolute Gasteiger partial charge is 0.467 e. The zero-order chi connectivity index (χ0) is 23.1. The molecule has 1 saturated heterocycles. The summed E-state index contributed by atoms with van der Waals surface area (Å²) in [5.41, 5.74) is 1.44. The van der Waals surface area contributed by atoms with Crippen LogP contribution in [0.1, 0.15) is 49.5 Å². The monoisotopic (exact) mass is 468 g/mol. The van der Waals surface area contributed by atoms with E-state index in [9.17, 15) is 19.2 Å². The summed E-state index contributed by atoms with van der Waals surface area (Å²) in [4.78, 5) is 52.8. The highest BCUT2D eigenvalue weighted by molar-refractivity contribution is 6.45. The molecule has 33 heavy (non-hydrogen) atoms. The summed E-state index contributed by atoms with van der Waals surface area (Å²) in [6, 6.07) is 8.97. The first-order chi connectivity index (χ1) is 15.9. The van der Waals surface area contributed by atoms with Gasteiger partial charge in [-0.1, -0.05) is 36.6 Å². The number of rotatable bonds is 5. The first-order valence-electron chi connectivity index (χ1n) is 10.8. The number of hydrogen-bond donors (Lipinski definition) is 0. The van der Waals surface area contributed by atoms with Crippen molar-refractivity contribution in [3.63, 3.8) is 0 Å². The molecule has 9 nitrogen and oxygen atoms in total. The summed E-state index contributed by atoms with van der Waals surface area (Å²) < 4.78 is 5.52. The minimum Gasteiger partial charge on any atom is -0.467 e. The Morgan fingerprint density at radius 3 is 2.45 bits per heavy atom. The van der Waals surface area contributed by atoms with E-state index in [-0.39, 0.29) is 6.04 Å². The SMILES string of the molecule is O=C1C(=O)N(C2CCCC2)C(=O)N1CC(=O)N1N=C(c2ccc(Cl)cc2)CC1c1ccco1. The van der Waals surface area contributed by atoms with Crippen LogP contribution in [0.25, 0.3) is 0 Å². The van der Waals surface area contributed by atoms with Gasteiger partial charge in [-0.05, 0) is 42.7 Å². The van der Waals surface area contributed by atoms with Gasteiger partial charge in [-0.15, -0.1) is 0 Å². The van der Waals surface area contributed by atoms with Crippen LogP contribution < -0.4 is 0 Å². The molecular weight excluding hydrogens is 448 g/mol. The van der Waals surface area contributed by atoms with Gasteiger partial charge in [0.05, 0.1) is 12.0 Å². The molecule has 2 aliphatic heterocycles. The molecule has 3 aliphatic rings. The van der Waals surface area contributed by atoms with Crippen molar-refractivity contribution in [3.8, 4) is 0 Å². The van der Waals surface area contributed by atoms with Crippen LogP contribution in [0, 0.1) is 0 Å². The predicted octanol–water partition coefficient (Wildman–Crippen LogP) is 3.34. The van der Waals surface area contributed by atoms with E-state index in [0.29, 0.717) is 35.8 Å². The highest BCUT2D eigenvalue weighted by Gasteiger charge is 2.49. The smallest absolute Gasteiger partial charge is 0.334 e. The molecule has 1 unspecified atom stereocenters. The number of benzene rings is 1. The minimum absolute atomic E-state index is 0.286. The van der Waals surface area contributed by atoms with Crippen molar-refractivity contribution in [3.05, 3.63) is 59.0 Å². The van der Waals surface area contributed by atoms with E-state index in [1.807, 2.05) is 0 Å². The molecule has 2 aromatic rings. The van der Waals surface area contributed by atoms with Gasteiger partial charge in [-0.3, -0.25) is 19.3 Å². The van der Waals surface area contributed by atoms with E-state index in [0.717, 1.165) is 28.2 Å². The van der Waals surface area contributed by atoms with E-state index >= 15 is 0 Å². The Kier molecular flexibility index (Phi) is 5.49. The van der Waals surface area contributed by atoms with Crippen molar-refractivity contribution in [1.82, 2.24) is 14.8 Å². The average molecular weight is 469 g/mol. The number of carbonyl (C=O) groups is 4.